The SMILES string of the molecule is [B]c1cccc(Nc2cc(Cl)nc(N/N=C/c3ccc(F)c(C(F)(F)F)c3)n2)c1. The van der Waals surface area contributed by atoms with Crippen molar-refractivity contribution in [2.24, 2.45) is 5.10 Å². The number of rotatable bonds is 5. The standard InChI is InChI=1S/C18H11BClF4N5/c19-11-2-1-3-12(7-11)26-16-8-15(20)27-17(28-16)29-25-9-10-4-5-14(21)13(6-10)18(22,23)24/h1-9H,(H2,26,27,28,29)/b25-9+. The molecule has 0 spiro atoms. The minimum atomic E-state index is -4.81. The second kappa shape index (κ2) is 8.48. The molecule has 2 radical (unpaired) electrons. The van der Waals surface area contributed by atoms with Gasteiger partial charge >= 0.3 is 6.18 Å². The molecule has 2 aromatic carbocycles. The van der Waals surface area contributed by atoms with E-state index >= 15 is 0 Å². The Morgan fingerprint density at radius 2 is 1.86 bits per heavy atom. The highest BCUT2D eigenvalue weighted by Gasteiger charge is 2.34. The quantitative estimate of drug-likeness (QED) is 0.213. The zero-order valence-corrected chi connectivity index (χ0v) is 15.3. The lowest BCUT2D eigenvalue weighted by Gasteiger charge is -2.09. The monoisotopic (exact) mass is 419 g/mol. The molecule has 0 aliphatic heterocycles. The van der Waals surface area contributed by atoms with Gasteiger partial charge in [0.25, 0.3) is 0 Å². The van der Waals surface area contributed by atoms with Crippen molar-refractivity contribution in [2.45, 2.75) is 6.18 Å². The molecule has 5 nitrogen and oxygen atoms in total. The molecule has 0 fully saturated rings. The van der Waals surface area contributed by atoms with Crippen molar-refractivity contribution in [1.82, 2.24) is 9.97 Å². The Morgan fingerprint density at radius 3 is 2.59 bits per heavy atom. The molecular formula is C18H11BClF4N5. The van der Waals surface area contributed by atoms with Crippen molar-refractivity contribution >= 4 is 48.6 Å². The van der Waals surface area contributed by atoms with Crippen molar-refractivity contribution in [3.63, 3.8) is 0 Å². The summed E-state index contributed by atoms with van der Waals surface area (Å²) >= 11 is 5.96. The summed E-state index contributed by atoms with van der Waals surface area (Å²) in [6, 6.07) is 10.9. The van der Waals surface area contributed by atoms with Crippen LogP contribution in [0.25, 0.3) is 0 Å². The van der Waals surface area contributed by atoms with E-state index in [1.807, 2.05) is 0 Å². The third-order valence-corrected chi connectivity index (χ3v) is 3.72. The van der Waals surface area contributed by atoms with Crippen molar-refractivity contribution in [3.8, 4) is 0 Å². The van der Waals surface area contributed by atoms with Crippen LogP contribution >= 0.6 is 11.6 Å². The maximum atomic E-state index is 13.3. The zero-order valence-electron chi connectivity index (χ0n) is 14.5. The van der Waals surface area contributed by atoms with Gasteiger partial charge in [-0.15, -0.1) is 0 Å². The topological polar surface area (TPSA) is 62.2 Å². The van der Waals surface area contributed by atoms with Gasteiger partial charge in [-0.2, -0.15) is 28.2 Å². The third kappa shape index (κ3) is 5.67. The molecule has 2 N–H and O–H groups in total. The van der Waals surface area contributed by atoms with Gasteiger partial charge in [-0.3, -0.25) is 0 Å². The first kappa shape index (κ1) is 20.6. The number of nitrogens with zero attached hydrogens (tertiary/aromatic N) is 3. The molecule has 146 valence electrons. The van der Waals surface area contributed by atoms with E-state index in [9.17, 15) is 17.6 Å². The van der Waals surface area contributed by atoms with E-state index in [2.05, 4.69) is 25.8 Å². The second-order valence-electron chi connectivity index (χ2n) is 5.76. The summed E-state index contributed by atoms with van der Waals surface area (Å²) in [4.78, 5) is 8.07. The van der Waals surface area contributed by atoms with Crippen LogP contribution in [0, 0.1) is 5.82 Å². The Labute approximate surface area is 169 Å². The molecule has 0 unspecified atom stereocenters. The van der Waals surface area contributed by atoms with Gasteiger partial charge in [0.15, 0.2) is 0 Å². The fraction of sp³-hybridized carbons (Fsp3) is 0.0556. The highest BCUT2D eigenvalue weighted by molar-refractivity contribution is 6.32. The maximum absolute atomic E-state index is 13.3. The number of anilines is 3. The van der Waals surface area contributed by atoms with E-state index in [0.717, 1.165) is 12.3 Å². The summed E-state index contributed by atoms with van der Waals surface area (Å²) in [6.07, 6.45) is -3.73. The van der Waals surface area contributed by atoms with E-state index in [0.29, 0.717) is 29.1 Å². The van der Waals surface area contributed by atoms with Crippen LogP contribution in [0.15, 0.2) is 53.6 Å². The Bertz CT molecular complexity index is 1060. The molecule has 0 aliphatic carbocycles. The van der Waals surface area contributed by atoms with Crippen LogP contribution in [-0.4, -0.2) is 24.0 Å². The molecule has 0 amide bonds. The average molecular weight is 420 g/mol. The van der Waals surface area contributed by atoms with Crippen molar-refractivity contribution in [1.29, 1.82) is 0 Å². The fourth-order valence-electron chi connectivity index (χ4n) is 2.30. The first-order chi connectivity index (χ1) is 13.7. The van der Waals surface area contributed by atoms with E-state index in [4.69, 9.17) is 19.4 Å². The van der Waals surface area contributed by atoms with Crippen LogP contribution in [0.1, 0.15) is 11.1 Å². The third-order valence-electron chi connectivity index (χ3n) is 3.53. The summed E-state index contributed by atoms with van der Waals surface area (Å²) < 4.78 is 51.6. The fourth-order valence-corrected chi connectivity index (χ4v) is 2.48. The Morgan fingerprint density at radius 1 is 1.07 bits per heavy atom. The van der Waals surface area contributed by atoms with Gasteiger partial charge in [0.1, 0.15) is 24.6 Å². The number of benzene rings is 2. The molecule has 0 aliphatic rings. The van der Waals surface area contributed by atoms with Crippen molar-refractivity contribution < 1.29 is 17.6 Å². The normalized spacial score (nSPS) is 11.6. The molecule has 0 saturated heterocycles. The van der Waals surface area contributed by atoms with Crippen LogP contribution < -0.4 is 16.2 Å². The largest absolute Gasteiger partial charge is 0.419 e. The Kier molecular flexibility index (Phi) is 6.02. The van der Waals surface area contributed by atoms with Gasteiger partial charge in [0.05, 0.1) is 11.8 Å². The van der Waals surface area contributed by atoms with Crippen molar-refractivity contribution in [2.75, 3.05) is 10.7 Å². The number of halogens is 5. The van der Waals surface area contributed by atoms with Gasteiger partial charge in [-0.1, -0.05) is 35.3 Å². The summed E-state index contributed by atoms with van der Waals surface area (Å²) in [6.45, 7) is 0. The van der Waals surface area contributed by atoms with E-state index < -0.39 is 17.6 Å². The first-order valence-corrected chi connectivity index (χ1v) is 8.41. The smallest absolute Gasteiger partial charge is 0.340 e. The van der Waals surface area contributed by atoms with Gasteiger partial charge in [0.2, 0.25) is 5.95 Å². The van der Waals surface area contributed by atoms with Gasteiger partial charge in [-0.05, 0) is 29.8 Å². The highest BCUT2D eigenvalue weighted by atomic mass is 35.5. The Hall–Kier alpha value is -3.14. The minimum Gasteiger partial charge on any atom is -0.340 e. The van der Waals surface area contributed by atoms with Gasteiger partial charge in [0, 0.05) is 11.8 Å². The maximum Gasteiger partial charge on any atom is 0.419 e. The lowest BCUT2D eigenvalue weighted by molar-refractivity contribution is -0.140. The van der Waals surface area contributed by atoms with Crippen LogP contribution in [0.5, 0.6) is 0 Å². The highest BCUT2D eigenvalue weighted by Crippen LogP contribution is 2.31. The number of hydrazone groups is 1. The molecule has 0 atom stereocenters. The molecular weight excluding hydrogens is 408 g/mol. The van der Waals surface area contributed by atoms with Crippen LogP contribution in [0.4, 0.5) is 35.0 Å². The lowest BCUT2D eigenvalue weighted by atomic mass is 9.96. The average Bonchev–Trinajstić information content (AvgIpc) is 2.62. The molecule has 3 aromatic rings. The van der Waals surface area contributed by atoms with Gasteiger partial charge in [-0.25, -0.2) is 9.82 Å². The second-order valence-corrected chi connectivity index (χ2v) is 6.14. The van der Waals surface area contributed by atoms with Gasteiger partial charge < -0.3 is 5.32 Å². The lowest BCUT2D eigenvalue weighted by Crippen LogP contribution is -2.08. The number of aromatic nitrogens is 2. The summed E-state index contributed by atoms with van der Waals surface area (Å²) in [5.74, 6) is -1.02. The predicted molar refractivity (Wildman–Crippen MR) is 105 cm³/mol. The Balaban J connectivity index is 1.75. The summed E-state index contributed by atoms with van der Waals surface area (Å²) in [5, 5.41) is 6.86. The van der Waals surface area contributed by atoms with E-state index in [1.165, 1.54) is 6.07 Å². The molecule has 1 aromatic heterocycles. The predicted octanol–water partition coefficient (Wildman–Crippen LogP) is 4.27. The molecule has 29 heavy (non-hydrogen) atoms. The number of nitrogens with one attached hydrogen (secondary N) is 2. The van der Waals surface area contributed by atoms with Crippen LogP contribution in [-0.2, 0) is 6.18 Å². The van der Waals surface area contributed by atoms with E-state index in [-0.39, 0.29) is 16.7 Å². The molecule has 0 saturated carbocycles. The number of alkyl halides is 3. The number of hydrogen-bond donors (Lipinski definition) is 2. The first-order valence-electron chi connectivity index (χ1n) is 8.04. The summed E-state index contributed by atoms with van der Waals surface area (Å²) in [7, 11) is 5.72. The molecule has 11 heteroatoms. The van der Waals surface area contributed by atoms with E-state index in [1.54, 1.807) is 24.3 Å². The number of hydrogen-bond acceptors (Lipinski definition) is 5. The molecule has 3 rings (SSSR count). The van der Waals surface area contributed by atoms with Crippen LogP contribution in [0.2, 0.25) is 5.15 Å². The zero-order chi connectivity index (χ0) is 21.0. The van der Waals surface area contributed by atoms with Crippen molar-refractivity contribution in [3.05, 3.63) is 70.6 Å². The minimum absolute atomic E-state index is 0.00157. The van der Waals surface area contributed by atoms with Crippen LogP contribution in [0.3, 0.4) is 0 Å². The molecule has 0 bridgehead atoms. The summed E-state index contributed by atoms with van der Waals surface area (Å²) in [5.41, 5.74) is 2.34. The molecule has 1 heterocycles.